The number of halogens is 1. The van der Waals surface area contributed by atoms with Crippen LogP contribution in [0.15, 0.2) is 22.7 Å². The van der Waals surface area contributed by atoms with Gasteiger partial charge >= 0.3 is 6.09 Å². The van der Waals surface area contributed by atoms with Crippen LogP contribution in [0.5, 0.6) is 0 Å². The Hall–Kier alpha value is -1.03. The first-order valence-electron chi connectivity index (χ1n) is 4.42. The van der Waals surface area contributed by atoms with E-state index >= 15 is 0 Å². The Bertz CT molecular complexity index is 378. The molecular weight excluding hydrogens is 246 g/mol. The first kappa shape index (κ1) is 9.52. The lowest BCUT2D eigenvalue weighted by Crippen LogP contribution is -2.33. The summed E-state index contributed by atoms with van der Waals surface area (Å²) >= 11 is 3.40. The van der Waals surface area contributed by atoms with Gasteiger partial charge in [-0.2, -0.15) is 0 Å². The third-order valence-electron chi connectivity index (χ3n) is 2.43. The van der Waals surface area contributed by atoms with Gasteiger partial charge in [0, 0.05) is 10.5 Å². The maximum Gasteiger partial charge on any atom is 0.404 e. The van der Waals surface area contributed by atoms with Crippen molar-refractivity contribution in [1.82, 2.24) is 5.32 Å². The quantitative estimate of drug-likeness (QED) is 0.809. The Kier molecular flexibility index (Phi) is 2.46. The Balaban J connectivity index is 2.14. The Labute approximate surface area is 90.3 Å². The van der Waals surface area contributed by atoms with E-state index in [0.29, 0.717) is 0 Å². The second-order valence-electron chi connectivity index (χ2n) is 3.47. The molecule has 2 N–H and O–H groups in total. The lowest BCUT2D eigenvalue weighted by atomic mass is 10.1. The van der Waals surface area contributed by atoms with Gasteiger partial charge in [-0.15, -0.1) is 0 Å². The first-order chi connectivity index (χ1) is 6.65. The minimum Gasteiger partial charge on any atom is -0.465 e. The predicted octanol–water partition coefficient (Wildman–Crippen LogP) is 2.18. The van der Waals surface area contributed by atoms with E-state index in [2.05, 4.69) is 27.3 Å². The second-order valence-corrected chi connectivity index (χ2v) is 4.38. The number of amides is 1. The van der Waals surface area contributed by atoms with E-state index in [1.807, 2.05) is 12.1 Å². The van der Waals surface area contributed by atoms with Crippen molar-refractivity contribution in [2.45, 2.75) is 18.9 Å². The molecule has 3 nitrogen and oxygen atoms in total. The van der Waals surface area contributed by atoms with E-state index in [4.69, 9.17) is 5.11 Å². The third kappa shape index (κ3) is 1.90. The van der Waals surface area contributed by atoms with Gasteiger partial charge < -0.3 is 10.4 Å². The SMILES string of the molecule is O=C(O)N[C@@H]1Cc2ccc(Br)cc2C1. The topological polar surface area (TPSA) is 49.3 Å². The molecule has 0 unspecified atom stereocenters. The van der Waals surface area contributed by atoms with Crippen molar-refractivity contribution < 1.29 is 9.90 Å². The Morgan fingerprint density at radius 1 is 1.43 bits per heavy atom. The van der Waals surface area contributed by atoms with Gasteiger partial charge in [0.25, 0.3) is 0 Å². The number of carboxylic acid groups (broad SMARTS) is 1. The van der Waals surface area contributed by atoms with Crippen molar-refractivity contribution in [2.24, 2.45) is 0 Å². The summed E-state index contributed by atoms with van der Waals surface area (Å²) in [5.74, 6) is 0. The molecule has 0 aliphatic heterocycles. The fourth-order valence-electron chi connectivity index (χ4n) is 1.86. The van der Waals surface area contributed by atoms with E-state index in [1.54, 1.807) is 0 Å². The van der Waals surface area contributed by atoms with Crippen LogP contribution in [0.1, 0.15) is 11.1 Å². The molecule has 1 aromatic rings. The van der Waals surface area contributed by atoms with E-state index < -0.39 is 6.09 Å². The molecule has 0 bridgehead atoms. The predicted molar refractivity (Wildman–Crippen MR) is 56.5 cm³/mol. The smallest absolute Gasteiger partial charge is 0.404 e. The van der Waals surface area contributed by atoms with Crippen molar-refractivity contribution in [1.29, 1.82) is 0 Å². The minimum absolute atomic E-state index is 0.0387. The Morgan fingerprint density at radius 3 is 2.86 bits per heavy atom. The van der Waals surface area contributed by atoms with E-state index in [9.17, 15) is 4.79 Å². The van der Waals surface area contributed by atoms with Crippen molar-refractivity contribution >= 4 is 22.0 Å². The van der Waals surface area contributed by atoms with Crippen LogP contribution in [0.25, 0.3) is 0 Å². The summed E-state index contributed by atoms with van der Waals surface area (Å²) in [4.78, 5) is 10.5. The minimum atomic E-state index is -0.943. The van der Waals surface area contributed by atoms with Crippen molar-refractivity contribution in [3.8, 4) is 0 Å². The summed E-state index contributed by atoms with van der Waals surface area (Å²) in [6, 6.07) is 6.13. The fraction of sp³-hybridized carbons (Fsp3) is 0.300. The van der Waals surface area contributed by atoms with Gasteiger partial charge in [0.2, 0.25) is 0 Å². The molecule has 1 amide bonds. The fourth-order valence-corrected chi connectivity index (χ4v) is 2.27. The second kappa shape index (κ2) is 3.61. The summed E-state index contributed by atoms with van der Waals surface area (Å²) in [6.45, 7) is 0. The zero-order valence-electron chi connectivity index (χ0n) is 7.46. The van der Waals surface area contributed by atoms with Gasteiger partial charge in [-0.25, -0.2) is 4.79 Å². The maximum absolute atomic E-state index is 10.5. The summed E-state index contributed by atoms with van der Waals surface area (Å²) in [6.07, 6.45) is 0.651. The molecule has 1 atom stereocenters. The zero-order valence-corrected chi connectivity index (χ0v) is 9.04. The molecule has 0 heterocycles. The molecule has 2 rings (SSSR count). The largest absolute Gasteiger partial charge is 0.465 e. The van der Waals surface area contributed by atoms with Crippen molar-refractivity contribution in [3.05, 3.63) is 33.8 Å². The molecule has 0 saturated heterocycles. The van der Waals surface area contributed by atoms with Crippen LogP contribution in [0.3, 0.4) is 0 Å². The summed E-state index contributed by atoms with van der Waals surface area (Å²) < 4.78 is 1.05. The van der Waals surface area contributed by atoms with E-state index in [0.717, 1.165) is 17.3 Å². The van der Waals surface area contributed by atoms with Gasteiger partial charge in [0.15, 0.2) is 0 Å². The van der Waals surface area contributed by atoms with Crippen LogP contribution in [0.4, 0.5) is 4.79 Å². The monoisotopic (exact) mass is 255 g/mol. The highest BCUT2D eigenvalue weighted by molar-refractivity contribution is 9.10. The number of rotatable bonds is 1. The average Bonchev–Trinajstić information content (AvgIpc) is 2.44. The molecule has 0 aromatic heterocycles. The molecule has 0 saturated carbocycles. The number of hydrogen-bond acceptors (Lipinski definition) is 1. The van der Waals surface area contributed by atoms with Gasteiger partial charge in [0.1, 0.15) is 0 Å². The molecule has 1 aliphatic carbocycles. The number of hydrogen-bond donors (Lipinski definition) is 2. The maximum atomic E-state index is 10.5. The molecule has 14 heavy (non-hydrogen) atoms. The molecule has 0 spiro atoms. The number of benzene rings is 1. The molecule has 4 heteroatoms. The van der Waals surface area contributed by atoms with Crippen molar-refractivity contribution in [3.63, 3.8) is 0 Å². The van der Waals surface area contributed by atoms with E-state index in [-0.39, 0.29) is 6.04 Å². The molecule has 74 valence electrons. The van der Waals surface area contributed by atoms with Crippen LogP contribution in [0.2, 0.25) is 0 Å². The van der Waals surface area contributed by atoms with E-state index in [1.165, 1.54) is 11.1 Å². The van der Waals surface area contributed by atoms with Gasteiger partial charge in [-0.1, -0.05) is 22.0 Å². The molecule has 1 aliphatic rings. The van der Waals surface area contributed by atoms with Gasteiger partial charge in [-0.05, 0) is 36.1 Å². The first-order valence-corrected chi connectivity index (χ1v) is 5.21. The summed E-state index contributed by atoms with van der Waals surface area (Å²) in [5.41, 5.74) is 2.48. The normalized spacial score (nSPS) is 19.1. The molecular formula is C10H10BrNO2. The summed E-state index contributed by atoms with van der Waals surface area (Å²) in [5, 5.41) is 11.1. The van der Waals surface area contributed by atoms with Crippen LogP contribution < -0.4 is 5.32 Å². The van der Waals surface area contributed by atoms with Crippen LogP contribution in [0, 0.1) is 0 Å². The average molecular weight is 256 g/mol. The highest BCUT2D eigenvalue weighted by Gasteiger charge is 2.22. The number of carbonyl (C=O) groups is 1. The van der Waals surface area contributed by atoms with Gasteiger partial charge in [-0.3, -0.25) is 0 Å². The zero-order chi connectivity index (χ0) is 10.1. The van der Waals surface area contributed by atoms with Gasteiger partial charge in [0.05, 0.1) is 0 Å². The number of nitrogens with one attached hydrogen (secondary N) is 1. The highest BCUT2D eigenvalue weighted by Crippen LogP contribution is 2.25. The Morgan fingerprint density at radius 2 is 2.14 bits per heavy atom. The standard InChI is InChI=1S/C10H10BrNO2/c11-8-2-1-6-4-9(12-10(13)14)5-7(6)3-8/h1-3,9,12H,4-5H2,(H,13,14)/t9-/m1/s1. The lowest BCUT2D eigenvalue weighted by Gasteiger charge is -2.07. The lowest BCUT2D eigenvalue weighted by molar-refractivity contribution is 0.190. The van der Waals surface area contributed by atoms with Crippen LogP contribution >= 0.6 is 15.9 Å². The van der Waals surface area contributed by atoms with Crippen LogP contribution in [-0.4, -0.2) is 17.2 Å². The third-order valence-corrected chi connectivity index (χ3v) is 2.92. The molecule has 0 fully saturated rings. The van der Waals surface area contributed by atoms with Crippen molar-refractivity contribution in [2.75, 3.05) is 0 Å². The highest BCUT2D eigenvalue weighted by atomic mass is 79.9. The summed E-state index contributed by atoms with van der Waals surface area (Å²) in [7, 11) is 0. The van der Waals surface area contributed by atoms with Crippen LogP contribution in [-0.2, 0) is 12.8 Å². The number of fused-ring (bicyclic) bond motifs is 1. The molecule has 0 radical (unpaired) electrons. The molecule has 1 aromatic carbocycles.